The van der Waals surface area contributed by atoms with E-state index in [-0.39, 0.29) is 17.5 Å². The number of likely N-dealkylation sites (tertiary alicyclic amines) is 1. The maximum Gasteiger partial charge on any atom is 0.254 e. The van der Waals surface area contributed by atoms with Gasteiger partial charge in [-0.15, -0.1) is 0 Å². The molecule has 176 valence electrons. The summed E-state index contributed by atoms with van der Waals surface area (Å²) in [6.45, 7) is 3.09. The molecule has 1 amide bonds. The molecular formula is C26H35N5O2. The van der Waals surface area contributed by atoms with Crippen molar-refractivity contribution in [2.45, 2.75) is 83.3 Å². The number of hydrogen-bond acceptors (Lipinski definition) is 5. The molecule has 33 heavy (non-hydrogen) atoms. The highest BCUT2D eigenvalue weighted by molar-refractivity contribution is 5.76. The molecule has 2 fully saturated rings. The second-order valence-electron chi connectivity index (χ2n) is 9.98. The van der Waals surface area contributed by atoms with Crippen molar-refractivity contribution in [1.82, 2.24) is 24.8 Å². The van der Waals surface area contributed by atoms with Crippen LogP contribution in [0.25, 0.3) is 0 Å². The molecule has 0 bridgehead atoms. The third-order valence-corrected chi connectivity index (χ3v) is 7.71. The van der Waals surface area contributed by atoms with Gasteiger partial charge in [0.25, 0.3) is 5.56 Å². The summed E-state index contributed by atoms with van der Waals surface area (Å²) in [5.74, 6) is 1.62. The van der Waals surface area contributed by atoms with E-state index in [0.29, 0.717) is 31.1 Å². The van der Waals surface area contributed by atoms with Crippen LogP contribution in [0.4, 0.5) is 0 Å². The average Bonchev–Trinajstić information content (AvgIpc) is 3.37. The number of H-pyrrole nitrogens is 1. The Morgan fingerprint density at radius 1 is 1.06 bits per heavy atom. The van der Waals surface area contributed by atoms with E-state index in [1.807, 2.05) is 29.4 Å². The van der Waals surface area contributed by atoms with Gasteiger partial charge in [-0.1, -0.05) is 25.7 Å². The number of pyridine rings is 1. The quantitative estimate of drug-likeness (QED) is 0.726. The summed E-state index contributed by atoms with van der Waals surface area (Å²) in [6, 6.07) is 3.95. The van der Waals surface area contributed by atoms with Gasteiger partial charge in [0, 0.05) is 50.6 Å². The van der Waals surface area contributed by atoms with Crippen LogP contribution in [0.15, 0.2) is 29.3 Å². The van der Waals surface area contributed by atoms with Crippen LogP contribution in [0.1, 0.15) is 86.5 Å². The molecule has 0 radical (unpaired) electrons. The van der Waals surface area contributed by atoms with Crippen LogP contribution in [-0.2, 0) is 24.3 Å². The number of aromatic nitrogens is 3. The monoisotopic (exact) mass is 449 g/mol. The largest absolute Gasteiger partial charge is 0.333 e. The van der Waals surface area contributed by atoms with Gasteiger partial charge in [-0.05, 0) is 55.7 Å². The fourth-order valence-electron chi connectivity index (χ4n) is 5.84. The smallest absolute Gasteiger partial charge is 0.254 e. The van der Waals surface area contributed by atoms with Crippen molar-refractivity contribution in [2.24, 2.45) is 5.92 Å². The second kappa shape index (κ2) is 10.2. The lowest BCUT2D eigenvalue weighted by Gasteiger charge is -2.36. The van der Waals surface area contributed by atoms with Crippen LogP contribution in [0.3, 0.4) is 0 Å². The Balaban J connectivity index is 1.31. The number of nitrogens with one attached hydrogen (secondary N) is 1. The van der Waals surface area contributed by atoms with Crippen molar-refractivity contribution in [3.63, 3.8) is 0 Å². The van der Waals surface area contributed by atoms with Crippen molar-refractivity contribution in [1.29, 1.82) is 0 Å². The maximum atomic E-state index is 13.2. The topological polar surface area (TPSA) is 82.2 Å². The highest BCUT2D eigenvalue weighted by Crippen LogP contribution is 2.32. The van der Waals surface area contributed by atoms with Crippen LogP contribution >= 0.6 is 0 Å². The van der Waals surface area contributed by atoms with Crippen LogP contribution in [0, 0.1) is 5.92 Å². The first-order chi connectivity index (χ1) is 16.2. The summed E-state index contributed by atoms with van der Waals surface area (Å²) in [6.07, 6.45) is 14.1. The van der Waals surface area contributed by atoms with Gasteiger partial charge < -0.3 is 9.88 Å². The van der Waals surface area contributed by atoms with Crippen molar-refractivity contribution < 1.29 is 4.79 Å². The normalized spacial score (nSPS) is 21.8. The molecule has 0 unspecified atom stereocenters. The number of rotatable bonds is 6. The van der Waals surface area contributed by atoms with Crippen molar-refractivity contribution in [3.05, 3.63) is 57.5 Å². The Labute approximate surface area is 195 Å². The minimum atomic E-state index is -0.108. The number of carbonyl (C=O) groups excluding carboxylic acids is 1. The summed E-state index contributed by atoms with van der Waals surface area (Å²) >= 11 is 0. The van der Waals surface area contributed by atoms with E-state index in [4.69, 9.17) is 4.98 Å². The number of piperidine rings is 1. The fourth-order valence-corrected chi connectivity index (χ4v) is 5.84. The van der Waals surface area contributed by atoms with Crippen molar-refractivity contribution >= 4 is 5.91 Å². The molecular weight excluding hydrogens is 414 g/mol. The zero-order valence-corrected chi connectivity index (χ0v) is 19.5. The Bertz CT molecular complexity index is 1020. The Morgan fingerprint density at radius 3 is 2.67 bits per heavy atom. The van der Waals surface area contributed by atoms with Gasteiger partial charge in [0.15, 0.2) is 0 Å². The van der Waals surface area contributed by atoms with Crippen LogP contribution < -0.4 is 5.56 Å². The molecule has 1 N–H and O–H groups in total. The zero-order chi connectivity index (χ0) is 22.6. The highest BCUT2D eigenvalue weighted by atomic mass is 16.2. The van der Waals surface area contributed by atoms with Gasteiger partial charge in [-0.3, -0.25) is 19.5 Å². The van der Waals surface area contributed by atoms with E-state index in [1.54, 1.807) is 0 Å². The highest BCUT2D eigenvalue weighted by Gasteiger charge is 2.31. The second-order valence-corrected chi connectivity index (χ2v) is 9.98. The van der Waals surface area contributed by atoms with Gasteiger partial charge in [-0.2, -0.15) is 0 Å². The lowest BCUT2D eigenvalue weighted by Crippen LogP contribution is -2.41. The summed E-state index contributed by atoms with van der Waals surface area (Å²) in [5.41, 5.74) is 2.87. The number of aromatic amines is 1. The van der Waals surface area contributed by atoms with E-state index in [9.17, 15) is 9.59 Å². The summed E-state index contributed by atoms with van der Waals surface area (Å²) < 4.78 is 0. The average molecular weight is 450 g/mol. The first-order valence-corrected chi connectivity index (χ1v) is 12.7. The number of carbonyl (C=O) groups is 1. The molecule has 4 heterocycles. The molecule has 1 saturated heterocycles. The standard InChI is InChI=1S/C26H35N5O2/c32-24(9-8-19-5-1-2-6-19)31-15-4-3-7-23(31)25-28-22-18-30(16-12-21(22)26(33)29-25)17-20-10-13-27-14-11-20/h10-11,13-14,19,23H,1-9,12,15-18H2,(H,28,29,33)/t23-/m1/s1. The SMILES string of the molecule is O=C(CCC1CCCC1)N1CCCC[C@@H]1c1nc2c(c(=O)[nH]1)CCN(Cc1ccncc1)C2. The molecule has 0 aromatic carbocycles. The first-order valence-electron chi connectivity index (χ1n) is 12.7. The van der Waals surface area contributed by atoms with Crippen molar-refractivity contribution in [3.8, 4) is 0 Å². The fraction of sp³-hybridized carbons (Fsp3) is 0.615. The lowest BCUT2D eigenvalue weighted by atomic mass is 9.97. The minimum absolute atomic E-state index is 0.0255. The molecule has 0 spiro atoms. The van der Waals surface area contributed by atoms with Crippen LogP contribution in [0.5, 0.6) is 0 Å². The molecule has 5 rings (SSSR count). The molecule has 1 atom stereocenters. The van der Waals surface area contributed by atoms with Crippen molar-refractivity contribution in [2.75, 3.05) is 13.1 Å². The molecule has 2 aliphatic heterocycles. The molecule has 7 heteroatoms. The van der Waals surface area contributed by atoms with E-state index in [1.165, 1.54) is 31.2 Å². The van der Waals surface area contributed by atoms with Gasteiger partial charge >= 0.3 is 0 Å². The summed E-state index contributed by atoms with van der Waals surface area (Å²) in [5, 5.41) is 0. The van der Waals surface area contributed by atoms with Gasteiger partial charge in [0.2, 0.25) is 5.91 Å². The molecule has 2 aromatic heterocycles. The third kappa shape index (κ3) is 5.18. The van der Waals surface area contributed by atoms with E-state index < -0.39 is 0 Å². The number of amides is 1. The van der Waals surface area contributed by atoms with Crippen LogP contribution in [-0.4, -0.2) is 43.7 Å². The maximum absolute atomic E-state index is 13.2. The molecule has 1 aliphatic carbocycles. The molecule has 3 aliphatic rings. The molecule has 1 saturated carbocycles. The lowest BCUT2D eigenvalue weighted by molar-refractivity contribution is -0.135. The predicted octanol–water partition coefficient (Wildman–Crippen LogP) is 3.75. The number of hydrogen-bond donors (Lipinski definition) is 1. The third-order valence-electron chi connectivity index (χ3n) is 7.71. The van der Waals surface area contributed by atoms with E-state index in [2.05, 4.69) is 14.9 Å². The Hall–Kier alpha value is -2.54. The minimum Gasteiger partial charge on any atom is -0.333 e. The number of nitrogens with zero attached hydrogens (tertiary/aromatic N) is 4. The Morgan fingerprint density at radius 2 is 1.85 bits per heavy atom. The van der Waals surface area contributed by atoms with E-state index >= 15 is 0 Å². The zero-order valence-electron chi connectivity index (χ0n) is 19.5. The van der Waals surface area contributed by atoms with Gasteiger partial charge in [0.1, 0.15) is 5.82 Å². The van der Waals surface area contributed by atoms with Crippen LogP contribution in [0.2, 0.25) is 0 Å². The summed E-state index contributed by atoms with van der Waals surface area (Å²) in [7, 11) is 0. The predicted molar refractivity (Wildman–Crippen MR) is 126 cm³/mol. The molecule has 7 nitrogen and oxygen atoms in total. The first kappa shape index (κ1) is 22.3. The van der Waals surface area contributed by atoms with Gasteiger partial charge in [0.05, 0.1) is 11.7 Å². The number of fused-ring (bicyclic) bond motifs is 1. The Kier molecular flexibility index (Phi) is 6.85. The van der Waals surface area contributed by atoms with Gasteiger partial charge in [-0.25, -0.2) is 4.98 Å². The molecule has 2 aromatic rings. The van der Waals surface area contributed by atoms with E-state index in [0.717, 1.165) is 56.6 Å². The summed E-state index contributed by atoms with van der Waals surface area (Å²) in [4.78, 5) is 42.6.